The maximum absolute atomic E-state index is 14.0. The topological polar surface area (TPSA) is 86.0 Å². The molecule has 0 bridgehead atoms. The molecule has 238 valence electrons. The molecule has 2 aliphatic heterocycles. The largest absolute Gasteiger partial charge is 0.503 e. The summed E-state index contributed by atoms with van der Waals surface area (Å²) in [5, 5.41) is 19.4. The van der Waals surface area contributed by atoms with Gasteiger partial charge in [0.25, 0.3) is 0 Å². The van der Waals surface area contributed by atoms with Crippen LogP contribution in [-0.2, 0) is 24.1 Å². The van der Waals surface area contributed by atoms with E-state index in [9.17, 15) is 23.8 Å². The molecule has 0 spiro atoms. The Bertz CT molecular complexity index is 1580. The minimum atomic E-state index is -1.01. The SMILES string of the molecule is CC(C)(C)[C@H]1CCc2nc3c(cc2C1)N=C(C(=O)C[C@H](CCN1CCC(O)CC1)c1ccc(-c2cc(F)c(O)c(F)c2)cc1)C3. The molecule has 6 rings (SSSR count). The van der Waals surface area contributed by atoms with E-state index >= 15 is 0 Å². The lowest BCUT2D eigenvalue weighted by Gasteiger charge is -2.34. The Morgan fingerprint density at radius 3 is 2.36 bits per heavy atom. The fourth-order valence-electron chi connectivity index (χ4n) is 7.06. The van der Waals surface area contributed by atoms with Gasteiger partial charge in [-0.25, -0.2) is 13.8 Å². The molecule has 2 N–H and O–H groups in total. The summed E-state index contributed by atoms with van der Waals surface area (Å²) in [4.78, 5) is 25.9. The Hall–Kier alpha value is -3.49. The average Bonchev–Trinajstić information content (AvgIpc) is 3.43. The molecule has 2 atom stereocenters. The Balaban J connectivity index is 1.20. The van der Waals surface area contributed by atoms with Crippen LogP contribution in [0.1, 0.15) is 81.3 Å². The number of fused-ring (bicyclic) bond motifs is 2. The fraction of sp³-hybridized carbons (Fsp3) is 0.486. The number of nitrogens with zero attached hydrogens (tertiary/aromatic N) is 3. The summed E-state index contributed by atoms with van der Waals surface area (Å²) in [6, 6.07) is 11.8. The van der Waals surface area contributed by atoms with Crippen LogP contribution in [0, 0.1) is 23.0 Å². The Morgan fingerprint density at radius 1 is 1.00 bits per heavy atom. The van der Waals surface area contributed by atoms with Crippen LogP contribution in [0.3, 0.4) is 0 Å². The standard InChI is InChI=1S/C37H43F2N3O3/c1-37(2,3)27-8-9-31-26(16-27)19-32-33(40-31)21-34(41-32)35(44)20-24(10-13-42-14-11-28(43)12-15-42)22-4-6-23(7-5-22)25-17-29(38)36(45)30(39)18-25/h4-7,17-19,24,27-28,43,45H,8-16,20-21H2,1-3H3/t24-,27-/m0/s1. The van der Waals surface area contributed by atoms with Crippen molar-refractivity contribution in [3.8, 4) is 16.9 Å². The quantitative estimate of drug-likeness (QED) is 0.282. The number of aryl methyl sites for hydroxylation is 1. The van der Waals surface area contributed by atoms with Crippen molar-refractivity contribution in [2.45, 2.75) is 84.2 Å². The number of aliphatic imine (C=N–C) groups is 1. The van der Waals surface area contributed by atoms with Gasteiger partial charge in [-0.15, -0.1) is 0 Å². The van der Waals surface area contributed by atoms with Gasteiger partial charge in [-0.05, 0) is 103 Å². The minimum Gasteiger partial charge on any atom is -0.503 e. The van der Waals surface area contributed by atoms with Crippen molar-refractivity contribution in [1.29, 1.82) is 0 Å². The number of benzene rings is 2. The average molecular weight is 616 g/mol. The van der Waals surface area contributed by atoms with Crippen LogP contribution < -0.4 is 0 Å². The smallest absolute Gasteiger partial charge is 0.187 e. The lowest BCUT2D eigenvalue weighted by molar-refractivity contribution is -0.113. The molecule has 3 aromatic rings. The highest BCUT2D eigenvalue weighted by Gasteiger charge is 2.32. The third-order valence-corrected chi connectivity index (χ3v) is 10.1. The number of aromatic nitrogens is 1. The number of Topliss-reactive ketones (excluding diaryl/α,β-unsaturated/α-hetero) is 1. The molecule has 1 aromatic heterocycles. The molecular formula is C37H43F2N3O3. The molecular weight excluding hydrogens is 572 g/mol. The Kier molecular flexibility index (Phi) is 8.90. The molecule has 0 amide bonds. The van der Waals surface area contributed by atoms with E-state index in [2.05, 4.69) is 31.7 Å². The number of carbonyl (C=O) groups excluding carboxylic acids is 1. The van der Waals surface area contributed by atoms with E-state index in [1.54, 1.807) is 12.1 Å². The normalized spacial score (nSPS) is 19.6. The first-order valence-corrected chi connectivity index (χ1v) is 16.3. The van der Waals surface area contributed by atoms with Crippen LogP contribution in [0.15, 0.2) is 47.5 Å². The Morgan fingerprint density at radius 2 is 1.69 bits per heavy atom. The van der Waals surface area contributed by atoms with E-state index in [0.29, 0.717) is 35.6 Å². The van der Waals surface area contributed by atoms with Gasteiger partial charge in [-0.2, -0.15) is 0 Å². The van der Waals surface area contributed by atoms with E-state index in [0.717, 1.165) is 92.9 Å². The number of pyridine rings is 1. The van der Waals surface area contributed by atoms with Crippen molar-refractivity contribution >= 4 is 17.2 Å². The lowest BCUT2D eigenvalue weighted by atomic mass is 9.71. The summed E-state index contributed by atoms with van der Waals surface area (Å²) in [6.45, 7) is 9.34. The van der Waals surface area contributed by atoms with E-state index in [1.807, 2.05) is 12.1 Å². The third kappa shape index (κ3) is 7.02. The van der Waals surface area contributed by atoms with Gasteiger partial charge in [-0.3, -0.25) is 9.78 Å². The highest BCUT2D eigenvalue weighted by Crippen LogP contribution is 2.40. The minimum absolute atomic E-state index is 0.0179. The second-order valence-corrected chi connectivity index (χ2v) is 14.2. The molecule has 2 aromatic carbocycles. The molecule has 0 radical (unpaired) electrons. The predicted octanol–water partition coefficient (Wildman–Crippen LogP) is 7.10. The van der Waals surface area contributed by atoms with Gasteiger partial charge in [0.1, 0.15) is 0 Å². The maximum Gasteiger partial charge on any atom is 0.187 e. The second-order valence-electron chi connectivity index (χ2n) is 14.2. The monoisotopic (exact) mass is 615 g/mol. The highest BCUT2D eigenvalue weighted by molar-refractivity contribution is 6.41. The molecule has 3 aliphatic rings. The number of phenols is 1. The zero-order chi connectivity index (χ0) is 31.9. The van der Waals surface area contributed by atoms with Crippen molar-refractivity contribution in [3.63, 3.8) is 0 Å². The number of phenolic OH excluding ortho intramolecular Hbond substituents is 1. The zero-order valence-electron chi connectivity index (χ0n) is 26.5. The number of aliphatic hydroxyl groups excluding tert-OH is 1. The maximum atomic E-state index is 14.0. The van der Waals surface area contributed by atoms with Crippen molar-refractivity contribution in [1.82, 2.24) is 9.88 Å². The molecule has 1 saturated heterocycles. The van der Waals surface area contributed by atoms with Gasteiger partial charge in [0.2, 0.25) is 0 Å². The zero-order valence-corrected chi connectivity index (χ0v) is 26.5. The van der Waals surface area contributed by atoms with Crippen molar-refractivity contribution in [2.24, 2.45) is 16.3 Å². The highest BCUT2D eigenvalue weighted by atomic mass is 19.1. The van der Waals surface area contributed by atoms with Crippen molar-refractivity contribution in [3.05, 3.63) is 76.6 Å². The number of likely N-dealkylation sites (tertiary alicyclic amines) is 1. The molecule has 0 saturated carbocycles. The summed E-state index contributed by atoms with van der Waals surface area (Å²) in [5.74, 6) is -2.46. The summed E-state index contributed by atoms with van der Waals surface area (Å²) < 4.78 is 28.0. The number of ketones is 1. The van der Waals surface area contributed by atoms with Gasteiger partial charge in [0.15, 0.2) is 23.2 Å². The fourth-order valence-corrected chi connectivity index (χ4v) is 7.06. The summed E-state index contributed by atoms with van der Waals surface area (Å²) in [6.07, 6.45) is 5.85. The number of hydrogen-bond acceptors (Lipinski definition) is 6. The molecule has 0 unspecified atom stereocenters. The van der Waals surface area contributed by atoms with Gasteiger partial charge in [-0.1, -0.05) is 45.0 Å². The summed E-state index contributed by atoms with van der Waals surface area (Å²) >= 11 is 0. The Labute approximate surface area is 264 Å². The number of halogens is 2. The summed E-state index contributed by atoms with van der Waals surface area (Å²) in [5.41, 5.74) is 6.85. The first-order valence-electron chi connectivity index (χ1n) is 16.3. The molecule has 8 heteroatoms. The molecule has 3 heterocycles. The van der Waals surface area contributed by atoms with E-state index < -0.39 is 17.4 Å². The van der Waals surface area contributed by atoms with Crippen molar-refractivity contribution in [2.75, 3.05) is 19.6 Å². The number of hydrogen-bond donors (Lipinski definition) is 2. The van der Waals surface area contributed by atoms with Crippen molar-refractivity contribution < 1.29 is 23.8 Å². The van der Waals surface area contributed by atoms with E-state index in [-0.39, 0.29) is 23.2 Å². The van der Waals surface area contributed by atoms with Crippen LogP contribution in [-0.4, -0.2) is 57.3 Å². The van der Waals surface area contributed by atoms with Gasteiger partial charge in [0, 0.05) is 31.6 Å². The van der Waals surface area contributed by atoms with Gasteiger partial charge < -0.3 is 15.1 Å². The number of aliphatic hydroxyl groups is 1. The van der Waals surface area contributed by atoms with E-state index in [1.165, 1.54) is 5.56 Å². The van der Waals surface area contributed by atoms with Crippen LogP contribution in [0.5, 0.6) is 5.75 Å². The van der Waals surface area contributed by atoms with Crippen LogP contribution in [0.2, 0.25) is 0 Å². The second kappa shape index (κ2) is 12.7. The van der Waals surface area contributed by atoms with Gasteiger partial charge >= 0.3 is 0 Å². The lowest BCUT2D eigenvalue weighted by Crippen LogP contribution is -2.37. The molecule has 45 heavy (non-hydrogen) atoms. The molecule has 6 nitrogen and oxygen atoms in total. The molecule has 1 fully saturated rings. The number of rotatable bonds is 8. The first-order chi connectivity index (χ1) is 21.4. The summed E-state index contributed by atoms with van der Waals surface area (Å²) in [7, 11) is 0. The predicted molar refractivity (Wildman–Crippen MR) is 172 cm³/mol. The van der Waals surface area contributed by atoms with E-state index in [4.69, 9.17) is 9.98 Å². The van der Waals surface area contributed by atoms with Crippen LogP contribution >= 0.6 is 0 Å². The number of piperidine rings is 1. The van der Waals surface area contributed by atoms with Gasteiger partial charge in [0.05, 0.1) is 23.2 Å². The van der Waals surface area contributed by atoms with Crippen LogP contribution in [0.25, 0.3) is 11.1 Å². The third-order valence-electron chi connectivity index (χ3n) is 10.1. The van der Waals surface area contributed by atoms with Crippen LogP contribution in [0.4, 0.5) is 14.5 Å². The number of carbonyl (C=O) groups is 1. The number of aromatic hydroxyl groups is 1. The first kappa shape index (κ1) is 31.5. The molecule has 1 aliphatic carbocycles.